The number of carbonyl (C=O) groups is 1. The Kier molecular flexibility index (Phi) is 5.69. The Labute approximate surface area is 93.0 Å². The first kappa shape index (κ1) is 12.5. The summed E-state index contributed by atoms with van der Waals surface area (Å²) < 4.78 is 0. The van der Waals surface area contributed by atoms with Crippen LogP contribution < -0.4 is 10.6 Å². The molecule has 3 nitrogen and oxygen atoms in total. The van der Waals surface area contributed by atoms with Crippen molar-refractivity contribution in [2.24, 2.45) is 11.8 Å². The molecule has 1 aliphatic rings. The molecule has 1 saturated heterocycles. The predicted molar refractivity (Wildman–Crippen MR) is 62.7 cm³/mol. The summed E-state index contributed by atoms with van der Waals surface area (Å²) in [6, 6.07) is 0. The molecular formula is C12H24N2O. The van der Waals surface area contributed by atoms with Crippen molar-refractivity contribution in [3.63, 3.8) is 0 Å². The maximum Gasteiger partial charge on any atom is 0.225 e. The summed E-state index contributed by atoms with van der Waals surface area (Å²) in [6.07, 6.45) is 4.94. The van der Waals surface area contributed by atoms with Gasteiger partial charge in [-0.25, -0.2) is 0 Å². The molecular weight excluding hydrogens is 188 g/mol. The molecule has 1 fully saturated rings. The van der Waals surface area contributed by atoms with Gasteiger partial charge in [-0.1, -0.05) is 33.1 Å². The van der Waals surface area contributed by atoms with Crippen molar-refractivity contribution in [1.29, 1.82) is 0 Å². The molecule has 1 amide bonds. The van der Waals surface area contributed by atoms with E-state index < -0.39 is 0 Å². The predicted octanol–water partition coefficient (Wildman–Crippen LogP) is 1.54. The van der Waals surface area contributed by atoms with Crippen LogP contribution in [-0.2, 0) is 4.79 Å². The molecule has 1 aliphatic heterocycles. The summed E-state index contributed by atoms with van der Waals surface area (Å²) in [4.78, 5) is 11.6. The average molecular weight is 212 g/mol. The molecule has 0 spiro atoms. The zero-order chi connectivity index (χ0) is 11.1. The highest BCUT2D eigenvalue weighted by molar-refractivity contribution is 5.79. The minimum atomic E-state index is 0.230. The SMILES string of the molecule is CCCCC(CC)CNC(=O)C1CNC1. The Morgan fingerprint density at radius 3 is 2.67 bits per heavy atom. The first-order valence-electron chi connectivity index (χ1n) is 6.26. The lowest BCUT2D eigenvalue weighted by molar-refractivity contribution is -0.126. The Balaban J connectivity index is 2.12. The van der Waals surface area contributed by atoms with Crippen molar-refractivity contribution in [1.82, 2.24) is 10.6 Å². The molecule has 1 atom stereocenters. The second-order valence-corrected chi connectivity index (χ2v) is 4.52. The van der Waals surface area contributed by atoms with Crippen LogP contribution in [0.15, 0.2) is 0 Å². The van der Waals surface area contributed by atoms with Gasteiger partial charge in [-0.3, -0.25) is 4.79 Å². The lowest BCUT2D eigenvalue weighted by Crippen LogP contribution is -2.51. The molecule has 15 heavy (non-hydrogen) atoms. The van der Waals surface area contributed by atoms with Crippen LogP contribution in [0.1, 0.15) is 39.5 Å². The van der Waals surface area contributed by atoms with Crippen molar-refractivity contribution < 1.29 is 4.79 Å². The van der Waals surface area contributed by atoms with Gasteiger partial charge in [0.15, 0.2) is 0 Å². The van der Waals surface area contributed by atoms with Gasteiger partial charge in [0.2, 0.25) is 5.91 Å². The summed E-state index contributed by atoms with van der Waals surface area (Å²) in [5.41, 5.74) is 0. The van der Waals surface area contributed by atoms with E-state index >= 15 is 0 Å². The van der Waals surface area contributed by atoms with Crippen molar-refractivity contribution in [3.05, 3.63) is 0 Å². The first-order chi connectivity index (χ1) is 7.27. The Hall–Kier alpha value is -0.570. The number of hydrogen-bond donors (Lipinski definition) is 2. The molecule has 1 rings (SSSR count). The molecule has 0 radical (unpaired) electrons. The van der Waals surface area contributed by atoms with Crippen LogP contribution >= 0.6 is 0 Å². The van der Waals surface area contributed by atoms with E-state index in [9.17, 15) is 4.79 Å². The molecule has 88 valence electrons. The van der Waals surface area contributed by atoms with E-state index in [0.29, 0.717) is 5.92 Å². The fourth-order valence-electron chi connectivity index (χ4n) is 1.81. The van der Waals surface area contributed by atoms with Gasteiger partial charge in [-0.05, 0) is 12.3 Å². The van der Waals surface area contributed by atoms with E-state index in [-0.39, 0.29) is 11.8 Å². The number of unbranched alkanes of at least 4 members (excludes halogenated alkanes) is 1. The topological polar surface area (TPSA) is 41.1 Å². The summed E-state index contributed by atoms with van der Waals surface area (Å²) in [5, 5.41) is 6.18. The van der Waals surface area contributed by atoms with Gasteiger partial charge in [0.25, 0.3) is 0 Å². The highest BCUT2D eigenvalue weighted by Crippen LogP contribution is 2.11. The summed E-state index contributed by atoms with van der Waals surface area (Å²) in [6.45, 7) is 7.00. The smallest absolute Gasteiger partial charge is 0.225 e. The second kappa shape index (κ2) is 6.83. The van der Waals surface area contributed by atoms with Crippen LogP contribution in [-0.4, -0.2) is 25.5 Å². The third-order valence-electron chi connectivity index (χ3n) is 3.26. The van der Waals surface area contributed by atoms with Crippen LogP contribution in [0.2, 0.25) is 0 Å². The van der Waals surface area contributed by atoms with E-state index in [1.807, 2.05) is 0 Å². The normalized spacial score (nSPS) is 18.3. The molecule has 0 aliphatic carbocycles. The standard InChI is InChI=1S/C12H24N2O/c1-3-5-6-10(4-2)7-14-12(15)11-8-13-9-11/h10-11,13H,3-9H2,1-2H3,(H,14,15). The van der Waals surface area contributed by atoms with Crippen LogP contribution in [0.25, 0.3) is 0 Å². The number of amides is 1. The average Bonchev–Trinajstić information content (AvgIpc) is 2.15. The number of nitrogens with one attached hydrogen (secondary N) is 2. The Morgan fingerprint density at radius 2 is 2.20 bits per heavy atom. The van der Waals surface area contributed by atoms with E-state index in [2.05, 4.69) is 24.5 Å². The third kappa shape index (κ3) is 4.20. The molecule has 1 heterocycles. The third-order valence-corrected chi connectivity index (χ3v) is 3.26. The Morgan fingerprint density at radius 1 is 1.47 bits per heavy atom. The second-order valence-electron chi connectivity index (χ2n) is 4.52. The molecule has 1 unspecified atom stereocenters. The van der Waals surface area contributed by atoms with Crippen molar-refractivity contribution in [2.75, 3.05) is 19.6 Å². The summed E-state index contributed by atoms with van der Waals surface area (Å²) in [5.74, 6) is 1.14. The number of hydrogen-bond acceptors (Lipinski definition) is 2. The van der Waals surface area contributed by atoms with Gasteiger partial charge >= 0.3 is 0 Å². The fourth-order valence-corrected chi connectivity index (χ4v) is 1.81. The van der Waals surface area contributed by atoms with Crippen LogP contribution in [0.5, 0.6) is 0 Å². The maximum atomic E-state index is 11.6. The zero-order valence-electron chi connectivity index (χ0n) is 10.0. The summed E-state index contributed by atoms with van der Waals surface area (Å²) in [7, 11) is 0. The maximum absolute atomic E-state index is 11.6. The minimum absolute atomic E-state index is 0.230. The van der Waals surface area contributed by atoms with Gasteiger partial charge < -0.3 is 10.6 Å². The molecule has 0 aromatic rings. The molecule has 0 aromatic heterocycles. The van der Waals surface area contributed by atoms with E-state index in [4.69, 9.17) is 0 Å². The van der Waals surface area contributed by atoms with E-state index in [1.54, 1.807) is 0 Å². The molecule has 2 N–H and O–H groups in total. The van der Waals surface area contributed by atoms with Gasteiger partial charge in [0.1, 0.15) is 0 Å². The zero-order valence-corrected chi connectivity index (χ0v) is 10.0. The van der Waals surface area contributed by atoms with Gasteiger partial charge in [0, 0.05) is 19.6 Å². The highest BCUT2D eigenvalue weighted by Gasteiger charge is 2.24. The largest absolute Gasteiger partial charge is 0.356 e. The van der Waals surface area contributed by atoms with Crippen molar-refractivity contribution in [3.8, 4) is 0 Å². The van der Waals surface area contributed by atoms with Gasteiger partial charge in [-0.15, -0.1) is 0 Å². The van der Waals surface area contributed by atoms with Crippen LogP contribution in [0, 0.1) is 11.8 Å². The lowest BCUT2D eigenvalue weighted by Gasteiger charge is -2.26. The first-order valence-corrected chi connectivity index (χ1v) is 6.26. The van der Waals surface area contributed by atoms with Crippen molar-refractivity contribution in [2.45, 2.75) is 39.5 Å². The van der Waals surface area contributed by atoms with Crippen LogP contribution in [0.4, 0.5) is 0 Å². The van der Waals surface area contributed by atoms with Gasteiger partial charge in [0.05, 0.1) is 5.92 Å². The molecule has 3 heteroatoms. The number of carbonyl (C=O) groups excluding carboxylic acids is 1. The van der Waals surface area contributed by atoms with E-state index in [0.717, 1.165) is 19.6 Å². The Bertz CT molecular complexity index is 190. The van der Waals surface area contributed by atoms with Gasteiger partial charge in [-0.2, -0.15) is 0 Å². The monoisotopic (exact) mass is 212 g/mol. The van der Waals surface area contributed by atoms with Crippen LogP contribution in [0.3, 0.4) is 0 Å². The lowest BCUT2D eigenvalue weighted by atomic mass is 9.98. The van der Waals surface area contributed by atoms with Crippen molar-refractivity contribution >= 4 is 5.91 Å². The quantitative estimate of drug-likeness (QED) is 0.672. The van der Waals surface area contributed by atoms with E-state index in [1.165, 1.54) is 25.7 Å². The molecule has 0 bridgehead atoms. The number of rotatable bonds is 7. The summed E-state index contributed by atoms with van der Waals surface area (Å²) >= 11 is 0. The molecule has 0 aromatic carbocycles. The molecule has 0 saturated carbocycles. The minimum Gasteiger partial charge on any atom is -0.356 e. The highest BCUT2D eigenvalue weighted by atomic mass is 16.2. The fraction of sp³-hybridized carbons (Fsp3) is 0.917.